The molecule has 2 amide bonds. The van der Waals surface area contributed by atoms with E-state index in [4.69, 9.17) is 4.74 Å². The van der Waals surface area contributed by atoms with Crippen LogP contribution in [0.4, 0.5) is 4.39 Å². The number of ether oxygens (including phenoxy) is 1. The van der Waals surface area contributed by atoms with E-state index in [0.717, 1.165) is 4.90 Å². The number of benzene rings is 2. The molecule has 0 unspecified atom stereocenters. The summed E-state index contributed by atoms with van der Waals surface area (Å²) in [7, 11) is 1.41. The average molecular weight is 368 g/mol. The molecule has 1 aliphatic rings. The Balaban J connectivity index is 1.85. The maximum Gasteiger partial charge on any atom is 0.265 e. The monoisotopic (exact) mass is 368 g/mol. The van der Waals surface area contributed by atoms with Crippen LogP contribution in [0.3, 0.4) is 0 Å². The summed E-state index contributed by atoms with van der Waals surface area (Å²) in [4.78, 5) is 30.4. The zero-order valence-corrected chi connectivity index (χ0v) is 14.1. The lowest BCUT2D eigenvalue weighted by molar-refractivity contribution is 0.0641. The van der Waals surface area contributed by atoms with Gasteiger partial charge in [-0.25, -0.2) is 9.37 Å². The van der Waals surface area contributed by atoms with Gasteiger partial charge in [-0.3, -0.25) is 14.5 Å². The molecule has 0 radical (unpaired) electrons. The van der Waals surface area contributed by atoms with Crippen LogP contribution in [0.5, 0.6) is 17.2 Å². The number of carbonyl (C=O) groups is 2. The summed E-state index contributed by atoms with van der Waals surface area (Å²) in [6, 6.07) is 6.74. The number of carbonyl (C=O) groups excluding carboxylic acids is 2. The van der Waals surface area contributed by atoms with Crippen molar-refractivity contribution in [3.63, 3.8) is 0 Å². The number of nitrogens with zero attached hydrogens (tertiary/aromatic N) is 2. The van der Waals surface area contributed by atoms with Crippen LogP contribution in [0.2, 0.25) is 0 Å². The molecule has 0 aliphatic carbocycles. The molecule has 4 rings (SSSR count). The van der Waals surface area contributed by atoms with Gasteiger partial charge in [0.05, 0.1) is 30.8 Å². The molecule has 0 spiro atoms. The van der Waals surface area contributed by atoms with E-state index in [9.17, 15) is 24.2 Å². The van der Waals surface area contributed by atoms with Gasteiger partial charge in [-0.05, 0) is 23.8 Å². The first-order chi connectivity index (χ1) is 12.9. The van der Waals surface area contributed by atoms with E-state index in [-0.39, 0.29) is 28.6 Å². The fourth-order valence-corrected chi connectivity index (χ4v) is 3.11. The van der Waals surface area contributed by atoms with Gasteiger partial charge in [0.1, 0.15) is 28.4 Å². The molecule has 1 aromatic heterocycles. The second kappa shape index (κ2) is 5.94. The summed E-state index contributed by atoms with van der Waals surface area (Å²) in [5.41, 5.74) is -0.0852. The number of aromatic nitrogens is 1. The lowest BCUT2D eigenvalue weighted by Gasteiger charge is -2.13. The Bertz CT molecular complexity index is 1110. The SMILES string of the molecule is COc1cnc2c(O)c3c(c(O)c2c1)C(=O)N(Cc1ccc(F)cc1)C3=O. The Morgan fingerprint density at radius 1 is 1.07 bits per heavy atom. The lowest BCUT2D eigenvalue weighted by Crippen LogP contribution is -2.29. The van der Waals surface area contributed by atoms with Crippen LogP contribution < -0.4 is 4.74 Å². The molecule has 1 aliphatic heterocycles. The van der Waals surface area contributed by atoms with Gasteiger partial charge >= 0.3 is 0 Å². The molecule has 0 atom stereocenters. The number of imide groups is 1. The highest BCUT2D eigenvalue weighted by molar-refractivity contribution is 6.26. The van der Waals surface area contributed by atoms with E-state index in [1.807, 2.05) is 0 Å². The third-order valence-corrected chi connectivity index (χ3v) is 4.47. The number of methoxy groups -OCH3 is 1. The second-order valence-electron chi connectivity index (χ2n) is 6.04. The van der Waals surface area contributed by atoms with Crippen molar-refractivity contribution >= 4 is 22.7 Å². The molecular formula is C19H13FN2O5. The highest BCUT2D eigenvalue weighted by Crippen LogP contribution is 2.44. The molecule has 8 heteroatoms. The number of hydrogen-bond acceptors (Lipinski definition) is 6. The summed E-state index contributed by atoms with van der Waals surface area (Å²) >= 11 is 0. The molecule has 136 valence electrons. The molecule has 3 aromatic rings. The van der Waals surface area contributed by atoms with Crippen molar-refractivity contribution in [2.45, 2.75) is 6.54 Å². The number of rotatable bonds is 3. The van der Waals surface area contributed by atoms with Gasteiger partial charge in [0.25, 0.3) is 11.8 Å². The Kier molecular flexibility index (Phi) is 3.69. The minimum atomic E-state index is -0.758. The van der Waals surface area contributed by atoms with Crippen LogP contribution in [-0.4, -0.2) is 39.0 Å². The maximum absolute atomic E-state index is 13.1. The van der Waals surface area contributed by atoms with Crippen molar-refractivity contribution in [2.75, 3.05) is 7.11 Å². The molecule has 2 N–H and O–H groups in total. The van der Waals surface area contributed by atoms with Crippen molar-refractivity contribution < 1.29 is 28.9 Å². The Hall–Kier alpha value is -3.68. The van der Waals surface area contributed by atoms with Crippen molar-refractivity contribution in [3.05, 3.63) is 59.0 Å². The number of phenols is 2. The molecule has 0 bridgehead atoms. The number of amides is 2. The third-order valence-electron chi connectivity index (χ3n) is 4.47. The maximum atomic E-state index is 13.1. The minimum Gasteiger partial charge on any atom is -0.506 e. The number of phenolic OH excluding ortho intramolecular Hbond substituents is 2. The Morgan fingerprint density at radius 2 is 1.70 bits per heavy atom. The van der Waals surface area contributed by atoms with Crippen LogP contribution in [0.25, 0.3) is 10.9 Å². The van der Waals surface area contributed by atoms with Crippen LogP contribution in [0.15, 0.2) is 36.5 Å². The van der Waals surface area contributed by atoms with Crippen molar-refractivity contribution in [3.8, 4) is 17.2 Å². The fraction of sp³-hybridized carbons (Fsp3) is 0.105. The summed E-state index contributed by atoms with van der Waals surface area (Å²) < 4.78 is 18.1. The van der Waals surface area contributed by atoms with Crippen LogP contribution in [0, 0.1) is 5.82 Å². The summed E-state index contributed by atoms with van der Waals surface area (Å²) in [5.74, 6) is -2.58. The lowest BCUT2D eigenvalue weighted by atomic mass is 10.0. The third kappa shape index (κ3) is 2.45. The summed E-state index contributed by atoms with van der Waals surface area (Å²) in [6.07, 6.45) is 1.32. The van der Waals surface area contributed by atoms with E-state index in [2.05, 4.69) is 4.98 Å². The first kappa shape index (κ1) is 16.8. The quantitative estimate of drug-likeness (QED) is 0.544. The van der Waals surface area contributed by atoms with Crippen molar-refractivity contribution in [1.82, 2.24) is 9.88 Å². The molecular weight excluding hydrogens is 355 g/mol. The molecule has 0 saturated heterocycles. The van der Waals surface area contributed by atoms with Crippen molar-refractivity contribution in [2.24, 2.45) is 0 Å². The largest absolute Gasteiger partial charge is 0.506 e. The molecule has 0 saturated carbocycles. The predicted octanol–water partition coefficient (Wildman–Crippen LogP) is 2.59. The van der Waals surface area contributed by atoms with Gasteiger partial charge in [0, 0.05) is 0 Å². The molecule has 2 aromatic carbocycles. The number of aromatic hydroxyl groups is 2. The number of pyridine rings is 1. The van der Waals surface area contributed by atoms with E-state index in [1.165, 1.54) is 43.6 Å². The Labute approximate surface area is 152 Å². The molecule has 0 fully saturated rings. The number of fused-ring (bicyclic) bond motifs is 2. The van der Waals surface area contributed by atoms with Crippen LogP contribution in [0.1, 0.15) is 26.3 Å². The standard InChI is InChI=1S/C19H13FN2O5/c1-27-11-6-12-15(21-7-11)17(24)14-13(16(12)23)18(25)22(19(14)26)8-9-2-4-10(20)5-3-9/h2-7,23-24H,8H2,1H3. The van der Waals surface area contributed by atoms with E-state index in [0.29, 0.717) is 11.3 Å². The van der Waals surface area contributed by atoms with E-state index >= 15 is 0 Å². The minimum absolute atomic E-state index is 0.0168. The van der Waals surface area contributed by atoms with Gasteiger partial charge in [-0.2, -0.15) is 0 Å². The predicted molar refractivity (Wildman–Crippen MR) is 92.2 cm³/mol. The average Bonchev–Trinajstić information content (AvgIpc) is 2.92. The van der Waals surface area contributed by atoms with Gasteiger partial charge < -0.3 is 14.9 Å². The summed E-state index contributed by atoms with van der Waals surface area (Å²) in [6.45, 7) is -0.126. The van der Waals surface area contributed by atoms with Crippen molar-refractivity contribution in [1.29, 1.82) is 0 Å². The van der Waals surface area contributed by atoms with Gasteiger partial charge in [0.2, 0.25) is 0 Å². The second-order valence-corrected chi connectivity index (χ2v) is 6.04. The van der Waals surface area contributed by atoms with E-state index < -0.39 is 29.1 Å². The van der Waals surface area contributed by atoms with E-state index in [1.54, 1.807) is 0 Å². The normalized spacial score (nSPS) is 13.3. The summed E-state index contributed by atoms with van der Waals surface area (Å²) in [5, 5.41) is 21.2. The highest BCUT2D eigenvalue weighted by Gasteiger charge is 2.42. The molecule has 2 heterocycles. The fourth-order valence-electron chi connectivity index (χ4n) is 3.11. The van der Waals surface area contributed by atoms with Gasteiger partial charge in [-0.15, -0.1) is 0 Å². The zero-order valence-electron chi connectivity index (χ0n) is 14.1. The van der Waals surface area contributed by atoms with Crippen LogP contribution >= 0.6 is 0 Å². The first-order valence-electron chi connectivity index (χ1n) is 7.94. The first-order valence-corrected chi connectivity index (χ1v) is 7.94. The molecule has 27 heavy (non-hydrogen) atoms. The zero-order chi connectivity index (χ0) is 19.3. The van der Waals surface area contributed by atoms with Gasteiger partial charge in [0.15, 0.2) is 5.75 Å². The highest BCUT2D eigenvalue weighted by atomic mass is 19.1. The van der Waals surface area contributed by atoms with Crippen LogP contribution in [-0.2, 0) is 6.54 Å². The number of halogens is 1. The number of hydrogen-bond donors (Lipinski definition) is 2. The topological polar surface area (TPSA) is 100.0 Å². The van der Waals surface area contributed by atoms with Gasteiger partial charge in [-0.1, -0.05) is 12.1 Å². The molecule has 7 nitrogen and oxygen atoms in total. The Morgan fingerprint density at radius 3 is 2.33 bits per heavy atom. The smallest absolute Gasteiger partial charge is 0.265 e.